The molecule has 1 atom stereocenters. The number of aromatic nitrogens is 2. The SMILES string of the molecule is Nc1ncc(-c2cccnc2)cc1C(=O)N[C@@H]1CCN(C(=O)c2ccc(-c3ccccc3)cc2)C1. The van der Waals surface area contributed by atoms with Gasteiger partial charge in [0.15, 0.2) is 0 Å². The molecular formula is C28H25N5O2. The summed E-state index contributed by atoms with van der Waals surface area (Å²) in [6.07, 6.45) is 5.70. The third-order valence-corrected chi connectivity index (χ3v) is 6.21. The van der Waals surface area contributed by atoms with Crippen molar-refractivity contribution in [3.8, 4) is 22.3 Å². The van der Waals surface area contributed by atoms with E-state index in [9.17, 15) is 9.59 Å². The quantitative estimate of drug-likeness (QED) is 0.465. The van der Waals surface area contributed by atoms with E-state index in [-0.39, 0.29) is 23.7 Å². The third-order valence-electron chi connectivity index (χ3n) is 6.21. The minimum atomic E-state index is -0.299. The number of hydrogen-bond donors (Lipinski definition) is 2. The molecule has 5 rings (SSSR count). The average Bonchev–Trinajstić information content (AvgIpc) is 3.38. The molecule has 7 nitrogen and oxygen atoms in total. The predicted molar refractivity (Wildman–Crippen MR) is 136 cm³/mol. The van der Waals surface area contributed by atoms with Gasteiger partial charge < -0.3 is 16.0 Å². The number of rotatable bonds is 5. The maximum absolute atomic E-state index is 13.0. The molecule has 4 aromatic rings. The van der Waals surface area contributed by atoms with Gasteiger partial charge in [0.1, 0.15) is 5.82 Å². The summed E-state index contributed by atoms with van der Waals surface area (Å²) in [7, 11) is 0. The summed E-state index contributed by atoms with van der Waals surface area (Å²) in [6.45, 7) is 1.02. The topological polar surface area (TPSA) is 101 Å². The number of hydrogen-bond acceptors (Lipinski definition) is 5. The molecule has 0 aliphatic carbocycles. The zero-order valence-corrected chi connectivity index (χ0v) is 19.1. The van der Waals surface area contributed by atoms with Crippen LogP contribution in [0.5, 0.6) is 0 Å². The lowest BCUT2D eigenvalue weighted by Crippen LogP contribution is -2.38. The van der Waals surface area contributed by atoms with E-state index in [0.717, 1.165) is 22.3 Å². The van der Waals surface area contributed by atoms with Crippen LogP contribution in [0.4, 0.5) is 5.82 Å². The van der Waals surface area contributed by atoms with E-state index >= 15 is 0 Å². The first-order chi connectivity index (χ1) is 17.1. The molecule has 7 heteroatoms. The standard InChI is InChI=1S/C28H25N5O2/c29-26-25(15-23(17-31-26)22-7-4-13-30-16-22)27(34)32-24-12-14-33(18-24)28(35)21-10-8-20(9-11-21)19-5-2-1-3-6-19/h1-11,13,15-17,24H,12,14,18H2,(H2,29,31)(H,32,34)/t24-/m1/s1. The van der Waals surface area contributed by atoms with Gasteiger partial charge in [0.2, 0.25) is 0 Å². The van der Waals surface area contributed by atoms with E-state index < -0.39 is 0 Å². The second kappa shape index (κ2) is 9.77. The smallest absolute Gasteiger partial charge is 0.255 e. The van der Waals surface area contributed by atoms with Crippen LogP contribution in [0.15, 0.2) is 91.4 Å². The summed E-state index contributed by atoms with van der Waals surface area (Å²) in [6, 6.07) is 23.0. The number of nitrogen functional groups attached to an aromatic ring is 1. The largest absolute Gasteiger partial charge is 0.383 e. The molecule has 0 spiro atoms. The van der Waals surface area contributed by atoms with Crippen LogP contribution < -0.4 is 11.1 Å². The maximum Gasteiger partial charge on any atom is 0.255 e. The molecule has 3 N–H and O–H groups in total. The molecule has 3 heterocycles. The zero-order valence-electron chi connectivity index (χ0n) is 19.1. The number of nitrogens with zero attached hydrogens (tertiary/aromatic N) is 3. The van der Waals surface area contributed by atoms with E-state index in [0.29, 0.717) is 30.6 Å². The first-order valence-electron chi connectivity index (χ1n) is 11.5. The van der Waals surface area contributed by atoms with Crippen LogP contribution in [0.3, 0.4) is 0 Å². The van der Waals surface area contributed by atoms with Crippen molar-refractivity contribution < 1.29 is 9.59 Å². The summed E-state index contributed by atoms with van der Waals surface area (Å²) in [5.74, 6) is -0.173. The first-order valence-corrected chi connectivity index (χ1v) is 11.5. The number of nitrogens with two attached hydrogens (primary N) is 1. The molecule has 0 bridgehead atoms. The number of pyridine rings is 2. The van der Waals surface area contributed by atoms with Gasteiger partial charge in [-0.25, -0.2) is 4.98 Å². The van der Waals surface area contributed by atoms with Crippen molar-refractivity contribution in [1.29, 1.82) is 0 Å². The monoisotopic (exact) mass is 463 g/mol. The summed E-state index contributed by atoms with van der Waals surface area (Å²) in [5.41, 5.74) is 10.7. The van der Waals surface area contributed by atoms with Crippen molar-refractivity contribution in [3.05, 3.63) is 103 Å². The van der Waals surface area contributed by atoms with Gasteiger partial charge in [-0.3, -0.25) is 14.6 Å². The number of nitrogens with one attached hydrogen (secondary N) is 1. The number of anilines is 1. The molecule has 2 amide bonds. The Morgan fingerprint density at radius 3 is 2.37 bits per heavy atom. The Labute approximate surface area is 203 Å². The fourth-order valence-electron chi connectivity index (χ4n) is 4.29. The number of likely N-dealkylation sites (tertiary alicyclic amines) is 1. The molecular weight excluding hydrogens is 438 g/mol. The molecule has 1 fully saturated rings. The van der Waals surface area contributed by atoms with Gasteiger partial charge in [-0.2, -0.15) is 0 Å². The van der Waals surface area contributed by atoms with E-state index in [4.69, 9.17) is 5.73 Å². The van der Waals surface area contributed by atoms with Crippen LogP contribution in [0.25, 0.3) is 22.3 Å². The molecule has 1 saturated heterocycles. The molecule has 0 radical (unpaired) electrons. The van der Waals surface area contributed by atoms with Crippen molar-refractivity contribution in [2.24, 2.45) is 0 Å². The number of carbonyl (C=O) groups excluding carboxylic acids is 2. The third kappa shape index (κ3) is 4.89. The molecule has 2 aromatic heterocycles. The second-order valence-electron chi connectivity index (χ2n) is 8.55. The van der Waals surface area contributed by atoms with Crippen molar-refractivity contribution in [2.75, 3.05) is 18.8 Å². The number of carbonyl (C=O) groups is 2. The normalized spacial score (nSPS) is 15.1. The minimum absolute atomic E-state index is 0.0406. The molecule has 0 unspecified atom stereocenters. The van der Waals surface area contributed by atoms with Gasteiger partial charge in [-0.15, -0.1) is 0 Å². The van der Waals surface area contributed by atoms with Gasteiger partial charge in [0.05, 0.1) is 5.56 Å². The highest BCUT2D eigenvalue weighted by atomic mass is 16.2. The number of amides is 2. The van der Waals surface area contributed by atoms with Gasteiger partial charge in [-0.1, -0.05) is 48.5 Å². The highest BCUT2D eigenvalue weighted by Crippen LogP contribution is 2.23. The molecule has 35 heavy (non-hydrogen) atoms. The van der Waals surface area contributed by atoms with Crippen LogP contribution in [-0.2, 0) is 0 Å². The summed E-state index contributed by atoms with van der Waals surface area (Å²) >= 11 is 0. The van der Waals surface area contributed by atoms with Crippen molar-refractivity contribution >= 4 is 17.6 Å². The van der Waals surface area contributed by atoms with Crippen LogP contribution in [0.2, 0.25) is 0 Å². The Hall–Kier alpha value is -4.52. The molecule has 1 aliphatic rings. The highest BCUT2D eigenvalue weighted by molar-refractivity contribution is 6.00. The Morgan fingerprint density at radius 1 is 0.886 bits per heavy atom. The Bertz CT molecular complexity index is 1340. The molecule has 1 aliphatic heterocycles. The Balaban J connectivity index is 1.23. The van der Waals surface area contributed by atoms with Crippen molar-refractivity contribution in [3.63, 3.8) is 0 Å². The van der Waals surface area contributed by atoms with Crippen LogP contribution >= 0.6 is 0 Å². The van der Waals surface area contributed by atoms with E-state index in [1.165, 1.54) is 0 Å². The van der Waals surface area contributed by atoms with Gasteiger partial charge in [0, 0.05) is 54.4 Å². The molecule has 174 valence electrons. The Kier molecular flexibility index (Phi) is 6.22. The van der Waals surface area contributed by atoms with Crippen molar-refractivity contribution in [1.82, 2.24) is 20.2 Å². The number of benzene rings is 2. The highest BCUT2D eigenvalue weighted by Gasteiger charge is 2.28. The van der Waals surface area contributed by atoms with Crippen LogP contribution in [-0.4, -0.2) is 45.8 Å². The predicted octanol–water partition coefficient (Wildman–Crippen LogP) is 4.04. The van der Waals surface area contributed by atoms with Crippen LogP contribution in [0.1, 0.15) is 27.1 Å². The lowest BCUT2D eigenvalue weighted by atomic mass is 10.0. The fraction of sp³-hybridized carbons (Fsp3) is 0.143. The second-order valence-corrected chi connectivity index (χ2v) is 8.55. The Morgan fingerprint density at radius 2 is 1.63 bits per heavy atom. The average molecular weight is 464 g/mol. The maximum atomic E-state index is 13.0. The summed E-state index contributed by atoms with van der Waals surface area (Å²) in [4.78, 5) is 36.1. The van der Waals surface area contributed by atoms with Crippen molar-refractivity contribution in [2.45, 2.75) is 12.5 Å². The summed E-state index contributed by atoms with van der Waals surface area (Å²) in [5, 5.41) is 3.01. The molecule has 2 aromatic carbocycles. The zero-order chi connectivity index (χ0) is 24.2. The van der Waals surface area contributed by atoms with Gasteiger partial charge >= 0.3 is 0 Å². The lowest BCUT2D eigenvalue weighted by molar-refractivity contribution is 0.0783. The summed E-state index contributed by atoms with van der Waals surface area (Å²) < 4.78 is 0. The van der Waals surface area contributed by atoms with Gasteiger partial charge in [0.25, 0.3) is 11.8 Å². The minimum Gasteiger partial charge on any atom is -0.383 e. The molecule has 0 saturated carbocycles. The van der Waals surface area contributed by atoms with E-state index in [2.05, 4.69) is 15.3 Å². The van der Waals surface area contributed by atoms with E-state index in [1.807, 2.05) is 66.7 Å². The van der Waals surface area contributed by atoms with E-state index in [1.54, 1.807) is 29.6 Å². The fourth-order valence-corrected chi connectivity index (χ4v) is 4.29. The van der Waals surface area contributed by atoms with Crippen LogP contribution in [0, 0.1) is 0 Å². The lowest BCUT2D eigenvalue weighted by Gasteiger charge is -2.18. The first kappa shape index (κ1) is 22.3. The van der Waals surface area contributed by atoms with Gasteiger partial charge in [-0.05, 0) is 41.8 Å².